The fourth-order valence-corrected chi connectivity index (χ4v) is 2.69. The summed E-state index contributed by atoms with van der Waals surface area (Å²) < 4.78 is 5.88. The van der Waals surface area contributed by atoms with E-state index >= 15 is 0 Å². The summed E-state index contributed by atoms with van der Waals surface area (Å²) in [6, 6.07) is 9.28. The summed E-state index contributed by atoms with van der Waals surface area (Å²) in [5.74, 6) is 0.993. The first-order chi connectivity index (χ1) is 10.2. The molecule has 0 saturated carbocycles. The van der Waals surface area contributed by atoms with Crippen LogP contribution in [0.25, 0.3) is 0 Å². The first kappa shape index (κ1) is 14.0. The molecule has 1 aliphatic rings. The van der Waals surface area contributed by atoms with Crippen LogP contribution in [-0.2, 0) is 19.4 Å². The van der Waals surface area contributed by atoms with Crippen LogP contribution in [0.2, 0.25) is 0 Å². The number of nitrogens with zero attached hydrogens (tertiary/aromatic N) is 1. The molecule has 1 aromatic carbocycles. The van der Waals surface area contributed by atoms with Gasteiger partial charge in [-0.05, 0) is 37.0 Å². The van der Waals surface area contributed by atoms with E-state index < -0.39 is 0 Å². The number of aromatic nitrogens is 1. The summed E-state index contributed by atoms with van der Waals surface area (Å²) in [5.41, 5.74) is 9.39. The lowest BCUT2D eigenvalue weighted by molar-refractivity contribution is 0.276. The molecule has 0 spiro atoms. The number of hydrogen-bond donors (Lipinski definition) is 2. The molecule has 0 atom stereocenters. The van der Waals surface area contributed by atoms with Crippen molar-refractivity contribution in [3.05, 3.63) is 52.7 Å². The van der Waals surface area contributed by atoms with Crippen LogP contribution in [0, 0.1) is 0 Å². The molecule has 1 aliphatic carbocycles. The fourth-order valence-electron chi connectivity index (χ4n) is 2.55. The molecule has 0 bridgehead atoms. The van der Waals surface area contributed by atoms with Gasteiger partial charge in [-0.3, -0.25) is 0 Å². The van der Waals surface area contributed by atoms with Crippen LogP contribution in [0.5, 0.6) is 11.6 Å². The van der Waals surface area contributed by atoms with Crippen LogP contribution in [0.4, 0.5) is 0 Å². The number of aliphatic hydroxyl groups excluding tert-OH is 1. The maximum absolute atomic E-state index is 9.38. The molecule has 0 amide bonds. The summed E-state index contributed by atoms with van der Waals surface area (Å²) in [6.45, 7) is -0.0937. The highest BCUT2D eigenvalue weighted by molar-refractivity contribution is 7.80. The number of benzene rings is 1. The van der Waals surface area contributed by atoms with Crippen molar-refractivity contribution in [1.82, 2.24) is 4.98 Å². The summed E-state index contributed by atoms with van der Waals surface area (Å²) in [7, 11) is 0. The quantitative estimate of drug-likeness (QED) is 0.849. The minimum atomic E-state index is -0.0937. The van der Waals surface area contributed by atoms with E-state index in [9.17, 15) is 5.11 Å². The number of nitrogens with two attached hydrogens (primary N) is 1. The van der Waals surface area contributed by atoms with Gasteiger partial charge in [-0.1, -0.05) is 30.4 Å². The van der Waals surface area contributed by atoms with Gasteiger partial charge in [0.05, 0.1) is 12.2 Å². The lowest BCUT2D eigenvalue weighted by Crippen LogP contribution is -2.13. The van der Waals surface area contributed by atoms with Crippen LogP contribution in [0.15, 0.2) is 30.3 Å². The minimum absolute atomic E-state index is 0.0937. The largest absolute Gasteiger partial charge is 0.438 e. The Morgan fingerprint density at radius 2 is 2.14 bits per heavy atom. The van der Waals surface area contributed by atoms with Gasteiger partial charge in [0.25, 0.3) is 0 Å². The standard InChI is InChI=1S/C16H16N2O2S/c17-15(21)12-8-10-5-3-6-13(10)18-16(12)20-14-7-2-1-4-11(14)9-19/h1-2,4,7-8,19H,3,5-6,9H2,(H2,17,21). The number of hydrogen-bond acceptors (Lipinski definition) is 4. The van der Waals surface area contributed by atoms with Crippen LogP contribution in [-0.4, -0.2) is 15.1 Å². The van der Waals surface area contributed by atoms with Crippen molar-refractivity contribution in [2.45, 2.75) is 25.9 Å². The number of ether oxygens (including phenoxy) is 1. The smallest absolute Gasteiger partial charge is 0.229 e. The monoisotopic (exact) mass is 300 g/mol. The van der Waals surface area contributed by atoms with Crippen molar-refractivity contribution in [1.29, 1.82) is 0 Å². The zero-order valence-corrected chi connectivity index (χ0v) is 12.3. The van der Waals surface area contributed by atoms with E-state index in [1.807, 2.05) is 24.3 Å². The normalized spacial score (nSPS) is 13.0. The van der Waals surface area contributed by atoms with Gasteiger partial charge in [0.15, 0.2) is 0 Å². The molecule has 1 aromatic heterocycles. The second-order valence-electron chi connectivity index (χ2n) is 5.03. The maximum atomic E-state index is 9.38. The predicted octanol–water partition coefficient (Wildman–Crippen LogP) is 2.49. The zero-order valence-electron chi connectivity index (χ0n) is 11.5. The number of thiocarbonyl (C=S) groups is 1. The molecule has 21 heavy (non-hydrogen) atoms. The molecule has 108 valence electrons. The highest BCUT2D eigenvalue weighted by Gasteiger charge is 2.19. The number of aryl methyl sites for hydroxylation is 2. The van der Waals surface area contributed by atoms with E-state index in [-0.39, 0.29) is 11.6 Å². The van der Waals surface area contributed by atoms with Crippen molar-refractivity contribution in [3.63, 3.8) is 0 Å². The number of fused-ring (bicyclic) bond motifs is 1. The van der Waals surface area contributed by atoms with Gasteiger partial charge in [0.1, 0.15) is 10.7 Å². The summed E-state index contributed by atoms with van der Waals surface area (Å²) >= 11 is 5.11. The lowest BCUT2D eigenvalue weighted by atomic mass is 10.1. The Morgan fingerprint density at radius 1 is 1.33 bits per heavy atom. The number of rotatable bonds is 4. The summed E-state index contributed by atoms with van der Waals surface area (Å²) in [6.07, 6.45) is 3.05. The van der Waals surface area contributed by atoms with E-state index in [2.05, 4.69) is 4.98 Å². The van der Waals surface area contributed by atoms with Gasteiger partial charge in [-0.15, -0.1) is 0 Å². The maximum Gasteiger partial charge on any atom is 0.229 e. The van der Waals surface area contributed by atoms with E-state index in [4.69, 9.17) is 22.7 Å². The van der Waals surface area contributed by atoms with Crippen molar-refractivity contribution in [2.24, 2.45) is 5.73 Å². The van der Waals surface area contributed by atoms with E-state index in [1.54, 1.807) is 6.07 Å². The summed E-state index contributed by atoms with van der Waals surface area (Å²) in [4.78, 5) is 4.85. The number of para-hydroxylation sites is 1. The van der Waals surface area contributed by atoms with Crippen LogP contribution in [0.1, 0.15) is 28.8 Å². The Balaban J connectivity index is 2.03. The van der Waals surface area contributed by atoms with Crippen molar-refractivity contribution in [3.8, 4) is 11.6 Å². The molecule has 3 N–H and O–H groups in total. The first-order valence-electron chi connectivity index (χ1n) is 6.88. The third-order valence-corrected chi connectivity index (χ3v) is 3.85. The average Bonchev–Trinajstić information content (AvgIpc) is 2.94. The molecule has 4 nitrogen and oxygen atoms in total. The van der Waals surface area contributed by atoms with Gasteiger partial charge in [-0.25, -0.2) is 4.98 Å². The topological polar surface area (TPSA) is 68.4 Å². The van der Waals surface area contributed by atoms with Gasteiger partial charge in [0.2, 0.25) is 5.88 Å². The van der Waals surface area contributed by atoms with E-state index in [1.165, 1.54) is 5.56 Å². The zero-order chi connectivity index (χ0) is 14.8. The van der Waals surface area contributed by atoms with Gasteiger partial charge < -0.3 is 15.6 Å². The molecule has 0 saturated heterocycles. The molecule has 5 heteroatoms. The Labute approximate surface area is 128 Å². The Bertz CT molecular complexity index is 701. The second kappa shape index (κ2) is 5.79. The molecular weight excluding hydrogens is 284 g/mol. The Kier molecular flexibility index (Phi) is 3.86. The first-order valence-corrected chi connectivity index (χ1v) is 7.29. The van der Waals surface area contributed by atoms with E-state index in [0.29, 0.717) is 22.8 Å². The van der Waals surface area contributed by atoms with Crippen molar-refractivity contribution >= 4 is 17.2 Å². The lowest BCUT2D eigenvalue weighted by Gasteiger charge is -2.13. The van der Waals surface area contributed by atoms with Crippen LogP contribution < -0.4 is 10.5 Å². The van der Waals surface area contributed by atoms with Crippen molar-refractivity contribution < 1.29 is 9.84 Å². The molecule has 1 heterocycles. The predicted molar refractivity (Wildman–Crippen MR) is 84.6 cm³/mol. The molecular formula is C16H16N2O2S. The molecule has 0 fully saturated rings. The molecule has 0 aliphatic heterocycles. The van der Waals surface area contributed by atoms with E-state index in [0.717, 1.165) is 25.0 Å². The fraction of sp³-hybridized carbons (Fsp3) is 0.250. The highest BCUT2D eigenvalue weighted by atomic mass is 32.1. The highest BCUT2D eigenvalue weighted by Crippen LogP contribution is 2.31. The van der Waals surface area contributed by atoms with Crippen LogP contribution in [0.3, 0.4) is 0 Å². The third kappa shape index (κ3) is 2.75. The molecule has 3 rings (SSSR count). The third-order valence-electron chi connectivity index (χ3n) is 3.63. The molecule has 0 radical (unpaired) electrons. The molecule has 2 aromatic rings. The molecule has 0 unspecified atom stereocenters. The SMILES string of the molecule is NC(=S)c1cc2c(nc1Oc1ccccc1CO)CCC2. The Hall–Kier alpha value is -1.98. The minimum Gasteiger partial charge on any atom is -0.438 e. The van der Waals surface area contributed by atoms with Crippen LogP contribution >= 0.6 is 12.2 Å². The second-order valence-corrected chi connectivity index (χ2v) is 5.47. The van der Waals surface area contributed by atoms with Crippen molar-refractivity contribution in [2.75, 3.05) is 0 Å². The summed E-state index contributed by atoms with van der Waals surface area (Å²) in [5, 5.41) is 9.38. The average molecular weight is 300 g/mol. The number of pyridine rings is 1. The van der Waals surface area contributed by atoms with Gasteiger partial charge in [0, 0.05) is 11.3 Å². The number of aliphatic hydroxyl groups is 1. The van der Waals surface area contributed by atoms with Gasteiger partial charge in [-0.2, -0.15) is 0 Å². The van der Waals surface area contributed by atoms with Gasteiger partial charge >= 0.3 is 0 Å². The Morgan fingerprint density at radius 3 is 2.90 bits per heavy atom.